The zero-order chi connectivity index (χ0) is 12.3. The number of rotatable bonds is 4. The predicted octanol–water partition coefficient (Wildman–Crippen LogP) is -1.65. The fourth-order valence-electron chi connectivity index (χ4n) is 1.09. The summed E-state index contributed by atoms with van der Waals surface area (Å²) in [6, 6.07) is 0. The van der Waals surface area contributed by atoms with Gasteiger partial charge in [0, 0.05) is 6.20 Å². The second kappa shape index (κ2) is 5.06. The lowest BCUT2D eigenvalue weighted by atomic mass is 10.3. The largest absolute Gasteiger partial charge is 0.394 e. The molecule has 0 aliphatic heterocycles. The molecule has 8 heteroatoms. The van der Waals surface area contributed by atoms with Gasteiger partial charge >= 0.3 is 0 Å². The SMILES string of the molecule is NC(=O)c1nc(Cl)cn(CC(O)CO)c1=O. The molecule has 1 unspecified atom stereocenters. The van der Waals surface area contributed by atoms with Gasteiger partial charge < -0.3 is 20.5 Å². The van der Waals surface area contributed by atoms with Gasteiger partial charge in [-0.15, -0.1) is 0 Å². The van der Waals surface area contributed by atoms with Crippen LogP contribution >= 0.6 is 11.6 Å². The number of halogens is 1. The maximum absolute atomic E-state index is 11.6. The van der Waals surface area contributed by atoms with Crippen molar-refractivity contribution in [3.63, 3.8) is 0 Å². The van der Waals surface area contributed by atoms with E-state index in [0.29, 0.717) is 0 Å². The van der Waals surface area contributed by atoms with E-state index in [4.69, 9.17) is 27.5 Å². The lowest BCUT2D eigenvalue weighted by Crippen LogP contribution is -2.34. The molecule has 88 valence electrons. The van der Waals surface area contributed by atoms with E-state index in [0.717, 1.165) is 10.8 Å². The Morgan fingerprint density at radius 1 is 1.69 bits per heavy atom. The highest BCUT2D eigenvalue weighted by atomic mass is 35.5. The van der Waals surface area contributed by atoms with Crippen molar-refractivity contribution >= 4 is 17.5 Å². The lowest BCUT2D eigenvalue weighted by molar-refractivity contribution is 0.0800. The average molecular weight is 248 g/mol. The standard InChI is InChI=1S/C8H10ClN3O4/c9-5-2-12(1-4(14)3-13)8(16)6(11-5)7(10)15/h2,4,13-14H,1,3H2,(H2,10,15). The van der Waals surface area contributed by atoms with Crippen molar-refractivity contribution in [2.24, 2.45) is 5.73 Å². The van der Waals surface area contributed by atoms with Gasteiger partial charge in [-0.3, -0.25) is 9.59 Å². The van der Waals surface area contributed by atoms with Crippen LogP contribution in [0.5, 0.6) is 0 Å². The van der Waals surface area contributed by atoms with Gasteiger partial charge in [-0.25, -0.2) is 4.98 Å². The van der Waals surface area contributed by atoms with E-state index in [1.54, 1.807) is 0 Å². The summed E-state index contributed by atoms with van der Waals surface area (Å²) in [5, 5.41) is 17.7. The van der Waals surface area contributed by atoms with Crippen LogP contribution in [-0.2, 0) is 6.54 Å². The van der Waals surface area contributed by atoms with Crippen LogP contribution in [0, 0.1) is 0 Å². The van der Waals surface area contributed by atoms with Gasteiger partial charge in [-0.1, -0.05) is 11.6 Å². The minimum Gasteiger partial charge on any atom is -0.394 e. The third kappa shape index (κ3) is 2.78. The predicted molar refractivity (Wildman–Crippen MR) is 55.1 cm³/mol. The molecule has 0 radical (unpaired) electrons. The number of hydrogen-bond acceptors (Lipinski definition) is 5. The van der Waals surface area contributed by atoms with Crippen LogP contribution in [0.25, 0.3) is 0 Å². The van der Waals surface area contributed by atoms with Crippen molar-refractivity contribution in [1.29, 1.82) is 0 Å². The Balaban J connectivity index is 3.19. The highest BCUT2D eigenvalue weighted by Gasteiger charge is 2.14. The topological polar surface area (TPSA) is 118 Å². The van der Waals surface area contributed by atoms with Crippen LogP contribution < -0.4 is 11.3 Å². The smallest absolute Gasteiger partial charge is 0.282 e. The van der Waals surface area contributed by atoms with Gasteiger partial charge in [-0.2, -0.15) is 0 Å². The molecule has 1 amide bonds. The van der Waals surface area contributed by atoms with Gasteiger partial charge in [-0.05, 0) is 0 Å². The Hall–Kier alpha value is -1.44. The number of nitrogens with two attached hydrogens (primary N) is 1. The molecule has 1 atom stereocenters. The van der Waals surface area contributed by atoms with Gasteiger partial charge in [0.2, 0.25) is 0 Å². The zero-order valence-electron chi connectivity index (χ0n) is 8.13. The summed E-state index contributed by atoms with van der Waals surface area (Å²) in [5.41, 5.74) is 3.67. The van der Waals surface area contributed by atoms with Crippen molar-refractivity contribution in [3.8, 4) is 0 Å². The first-order chi connectivity index (χ1) is 7.45. The minimum absolute atomic E-state index is 0.0986. The second-order valence-electron chi connectivity index (χ2n) is 3.07. The fourth-order valence-corrected chi connectivity index (χ4v) is 1.29. The molecule has 1 aromatic heterocycles. The third-order valence-corrected chi connectivity index (χ3v) is 1.98. The highest BCUT2D eigenvalue weighted by molar-refractivity contribution is 6.29. The summed E-state index contributed by atoms with van der Waals surface area (Å²) >= 11 is 5.57. The molecule has 0 aliphatic carbocycles. The maximum atomic E-state index is 11.6. The van der Waals surface area contributed by atoms with Gasteiger partial charge in [0.05, 0.1) is 19.3 Å². The molecule has 0 bridgehead atoms. The Kier molecular flexibility index (Phi) is 3.99. The minimum atomic E-state index is -1.13. The summed E-state index contributed by atoms with van der Waals surface area (Å²) in [4.78, 5) is 25.9. The quantitative estimate of drug-likeness (QED) is 0.589. The molecule has 7 nitrogen and oxygen atoms in total. The Bertz CT molecular complexity index is 459. The highest BCUT2D eigenvalue weighted by Crippen LogP contribution is 2.02. The molecule has 0 saturated heterocycles. The molecular formula is C8H10ClN3O4. The molecule has 4 N–H and O–H groups in total. The first-order valence-electron chi connectivity index (χ1n) is 4.31. The van der Waals surface area contributed by atoms with Crippen LogP contribution in [-0.4, -0.2) is 38.4 Å². The molecule has 0 aliphatic rings. The van der Waals surface area contributed by atoms with Gasteiger partial charge in [0.15, 0.2) is 5.69 Å². The van der Waals surface area contributed by atoms with Crippen LogP contribution in [0.15, 0.2) is 11.0 Å². The monoisotopic (exact) mass is 247 g/mol. The van der Waals surface area contributed by atoms with Crippen molar-refractivity contribution in [3.05, 3.63) is 27.4 Å². The molecule has 0 saturated carbocycles. The van der Waals surface area contributed by atoms with E-state index in [1.165, 1.54) is 0 Å². The summed E-state index contributed by atoms with van der Waals surface area (Å²) in [5.74, 6) is -1.00. The molecule has 1 aromatic rings. The summed E-state index contributed by atoms with van der Waals surface area (Å²) in [7, 11) is 0. The van der Waals surface area contributed by atoms with Crippen LogP contribution in [0.1, 0.15) is 10.5 Å². The Morgan fingerprint density at radius 2 is 2.31 bits per heavy atom. The second-order valence-corrected chi connectivity index (χ2v) is 3.46. The summed E-state index contributed by atoms with van der Waals surface area (Å²) in [6.07, 6.45) is 0.0201. The van der Waals surface area contributed by atoms with E-state index in [1.807, 2.05) is 0 Å². The zero-order valence-corrected chi connectivity index (χ0v) is 8.89. The summed E-state index contributed by atoms with van der Waals surface area (Å²) < 4.78 is 0.969. The van der Waals surface area contributed by atoms with Crippen molar-refractivity contribution < 1.29 is 15.0 Å². The van der Waals surface area contributed by atoms with Crippen molar-refractivity contribution in [2.45, 2.75) is 12.6 Å². The van der Waals surface area contributed by atoms with Crippen LogP contribution in [0.4, 0.5) is 0 Å². The number of nitrogens with zero attached hydrogens (tertiary/aromatic N) is 2. The number of aromatic nitrogens is 2. The number of hydrogen-bond donors (Lipinski definition) is 3. The Morgan fingerprint density at radius 3 is 2.81 bits per heavy atom. The third-order valence-electron chi connectivity index (χ3n) is 1.80. The van der Waals surface area contributed by atoms with Gasteiger partial charge in [0.1, 0.15) is 5.15 Å². The number of amides is 1. The Labute approximate surface area is 95.1 Å². The molecule has 0 spiro atoms. The molecule has 0 aromatic carbocycles. The van der Waals surface area contributed by atoms with Gasteiger partial charge in [0.25, 0.3) is 11.5 Å². The fraction of sp³-hybridized carbons (Fsp3) is 0.375. The molecule has 0 fully saturated rings. The van der Waals surface area contributed by atoms with E-state index in [-0.39, 0.29) is 11.7 Å². The lowest BCUT2D eigenvalue weighted by Gasteiger charge is -2.10. The number of aliphatic hydroxyl groups excluding tert-OH is 2. The maximum Gasteiger partial charge on any atom is 0.282 e. The van der Waals surface area contributed by atoms with Crippen molar-refractivity contribution in [1.82, 2.24) is 9.55 Å². The first-order valence-corrected chi connectivity index (χ1v) is 4.69. The van der Waals surface area contributed by atoms with E-state index in [9.17, 15) is 9.59 Å². The van der Waals surface area contributed by atoms with Crippen LogP contribution in [0.2, 0.25) is 5.15 Å². The van der Waals surface area contributed by atoms with Crippen molar-refractivity contribution in [2.75, 3.05) is 6.61 Å². The van der Waals surface area contributed by atoms with E-state index < -0.39 is 29.9 Å². The van der Waals surface area contributed by atoms with E-state index >= 15 is 0 Å². The average Bonchev–Trinajstić information content (AvgIpc) is 2.22. The van der Waals surface area contributed by atoms with E-state index in [2.05, 4.69) is 4.98 Å². The number of carbonyl (C=O) groups excluding carboxylic acids is 1. The molecular weight excluding hydrogens is 238 g/mol. The summed E-state index contributed by atoms with van der Waals surface area (Å²) in [6.45, 7) is -0.712. The first kappa shape index (κ1) is 12.6. The molecule has 1 rings (SSSR count). The molecule has 1 heterocycles. The number of aliphatic hydroxyl groups is 2. The van der Waals surface area contributed by atoms with Crippen LogP contribution in [0.3, 0.4) is 0 Å². The molecule has 16 heavy (non-hydrogen) atoms. The number of carbonyl (C=O) groups is 1. The number of primary amides is 1. The normalized spacial score (nSPS) is 12.4.